The molecule has 0 heterocycles. The Morgan fingerprint density at radius 1 is 1.26 bits per heavy atom. The first-order valence-corrected chi connectivity index (χ1v) is 6.74. The Bertz CT molecular complexity index is 432. The Balaban J connectivity index is 2.35. The van der Waals surface area contributed by atoms with Gasteiger partial charge in [-0.15, -0.1) is 0 Å². The van der Waals surface area contributed by atoms with Crippen molar-refractivity contribution in [2.45, 2.75) is 26.7 Å². The van der Waals surface area contributed by atoms with E-state index in [0.717, 1.165) is 12.8 Å². The molecule has 0 saturated heterocycles. The van der Waals surface area contributed by atoms with Gasteiger partial charge >= 0.3 is 0 Å². The minimum absolute atomic E-state index is 0.0183. The van der Waals surface area contributed by atoms with E-state index in [0.29, 0.717) is 10.7 Å². The van der Waals surface area contributed by atoms with Crippen LogP contribution in [0.4, 0.5) is 5.69 Å². The van der Waals surface area contributed by atoms with Crippen LogP contribution in [0.2, 0.25) is 5.02 Å². The van der Waals surface area contributed by atoms with E-state index in [4.69, 9.17) is 11.6 Å². The fourth-order valence-corrected chi connectivity index (χ4v) is 1.77. The van der Waals surface area contributed by atoms with Crippen LogP contribution < -0.4 is 10.6 Å². The second kappa shape index (κ2) is 7.79. The van der Waals surface area contributed by atoms with Crippen LogP contribution >= 0.6 is 11.6 Å². The number of halogens is 1. The molecule has 0 aromatic heterocycles. The topological polar surface area (TPSA) is 58.2 Å². The Hall–Kier alpha value is -1.55. The van der Waals surface area contributed by atoms with Crippen molar-refractivity contribution >= 4 is 29.1 Å². The lowest BCUT2D eigenvalue weighted by atomic mass is 10.1. The smallest absolute Gasteiger partial charge is 0.243 e. The number of nitrogens with one attached hydrogen (secondary N) is 2. The number of benzene rings is 1. The third-order valence-electron chi connectivity index (χ3n) is 2.72. The predicted octanol–water partition coefficient (Wildman–Crippen LogP) is 2.83. The van der Waals surface area contributed by atoms with E-state index in [9.17, 15) is 9.59 Å². The minimum Gasteiger partial charge on any atom is -0.347 e. The van der Waals surface area contributed by atoms with Crippen molar-refractivity contribution in [2.24, 2.45) is 5.92 Å². The Morgan fingerprint density at radius 2 is 1.89 bits per heavy atom. The van der Waals surface area contributed by atoms with Gasteiger partial charge in [-0.25, -0.2) is 0 Å². The highest BCUT2D eigenvalue weighted by molar-refractivity contribution is 6.30. The van der Waals surface area contributed by atoms with Crippen molar-refractivity contribution in [3.8, 4) is 0 Å². The molecule has 4 nitrogen and oxygen atoms in total. The highest BCUT2D eigenvalue weighted by atomic mass is 35.5. The van der Waals surface area contributed by atoms with Crippen molar-refractivity contribution in [1.82, 2.24) is 5.32 Å². The van der Waals surface area contributed by atoms with Crippen LogP contribution in [0.5, 0.6) is 0 Å². The van der Waals surface area contributed by atoms with E-state index in [2.05, 4.69) is 10.6 Å². The van der Waals surface area contributed by atoms with Crippen molar-refractivity contribution in [1.29, 1.82) is 0 Å². The molecule has 5 heteroatoms. The molecular weight excluding hydrogens is 264 g/mol. The predicted molar refractivity (Wildman–Crippen MR) is 77.2 cm³/mol. The van der Waals surface area contributed by atoms with Gasteiger partial charge in [0, 0.05) is 16.6 Å². The van der Waals surface area contributed by atoms with E-state index in [1.54, 1.807) is 24.3 Å². The summed E-state index contributed by atoms with van der Waals surface area (Å²) in [4.78, 5) is 23.2. The molecule has 1 atom stereocenters. The first kappa shape index (κ1) is 15.5. The summed E-state index contributed by atoms with van der Waals surface area (Å²) in [5.41, 5.74) is 0.658. The normalized spacial score (nSPS) is 11.7. The van der Waals surface area contributed by atoms with E-state index < -0.39 is 0 Å². The van der Waals surface area contributed by atoms with Crippen LogP contribution in [0.3, 0.4) is 0 Å². The van der Waals surface area contributed by atoms with Gasteiger partial charge in [0.1, 0.15) is 0 Å². The summed E-state index contributed by atoms with van der Waals surface area (Å²) in [6, 6.07) is 6.81. The molecule has 0 aliphatic carbocycles. The highest BCUT2D eigenvalue weighted by Gasteiger charge is 2.12. The zero-order chi connectivity index (χ0) is 14.3. The van der Waals surface area contributed by atoms with Crippen LogP contribution in [0, 0.1) is 5.92 Å². The Morgan fingerprint density at radius 3 is 2.47 bits per heavy atom. The summed E-state index contributed by atoms with van der Waals surface area (Å²) in [6.07, 6.45) is 1.77. The SMILES string of the molecule is CCCC(C)C(=O)NCC(=O)Nc1ccc(Cl)cc1. The van der Waals surface area contributed by atoms with Gasteiger partial charge in [0.2, 0.25) is 11.8 Å². The summed E-state index contributed by atoms with van der Waals surface area (Å²) in [5, 5.41) is 5.92. The van der Waals surface area contributed by atoms with Gasteiger partial charge in [0.05, 0.1) is 6.54 Å². The van der Waals surface area contributed by atoms with E-state index >= 15 is 0 Å². The molecule has 1 rings (SSSR count). The second-order valence-electron chi connectivity index (χ2n) is 4.46. The number of carbonyl (C=O) groups excluding carboxylic acids is 2. The van der Waals surface area contributed by atoms with E-state index in [-0.39, 0.29) is 24.3 Å². The molecule has 0 aliphatic heterocycles. The van der Waals surface area contributed by atoms with Gasteiger partial charge in [0.15, 0.2) is 0 Å². The largest absolute Gasteiger partial charge is 0.347 e. The van der Waals surface area contributed by atoms with Crippen molar-refractivity contribution in [2.75, 3.05) is 11.9 Å². The number of anilines is 1. The molecule has 0 radical (unpaired) electrons. The van der Waals surface area contributed by atoms with Crippen molar-refractivity contribution in [3.05, 3.63) is 29.3 Å². The summed E-state index contributed by atoms with van der Waals surface area (Å²) < 4.78 is 0. The van der Waals surface area contributed by atoms with Gasteiger partial charge in [0.25, 0.3) is 0 Å². The van der Waals surface area contributed by atoms with E-state index in [1.807, 2.05) is 13.8 Å². The van der Waals surface area contributed by atoms with Crippen LogP contribution in [0.15, 0.2) is 24.3 Å². The molecule has 0 aliphatic rings. The monoisotopic (exact) mass is 282 g/mol. The van der Waals surface area contributed by atoms with Gasteiger partial charge in [-0.1, -0.05) is 31.9 Å². The lowest BCUT2D eigenvalue weighted by Crippen LogP contribution is -2.36. The molecule has 0 spiro atoms. The van der Waals surface area contributed by atoms with Crippen LogP contribution in [0.1, 0.15) is 26.7 Å². The van der Waals surface area contributed by atoms with Crippen molar-refractivity contribution in [3.63, 3.8) is 0 Å². The van der Waals surface area contributed by atoms with Crippen LogP contribution in [-0.2, 0) is 9.59 Å². The Labute approximate surface area is 118 Å². The summed E-state index contributed by atoms with van der Waals surface area (Å²) in [6.45, 7) is 3.86. The minimum atomic E-state index is -0.251. The standard InChI is InChI=1S/C14H19ClN2O2/c1-3-4-10(2)14(19)16-9-13(18)17-12-7-5-11(15)6-8-12/h5-8,10H,3-4,9H2,1-2H3,(H,16,19)(H,17,18). The van der Waals surface area contributed by atoms with Gasteiger partial charge < -0.3 is 10.6 Å². The molecule has 0 fully saturated rings. The Kier molecular flexibility index (Phi) is 6.36. The zero-order valence-corrected chi connectivity index (χ0v) is 12.0. The average molecular weight is 283 g/mol. The third-order valence-corrected chi connectivity index (χ3v) is 2.97. The molecule has 0 bridgehead atoms. The quantitative estimate of drug-likeness (QED) is 0.843. The van der Waals surface area contributed by atoms with Gasteiger partial charge in [-0.05, 0) is 30.7 Å². The number of hydrogen-bond donors (Lipinski definition) is 2. The van der Waals surface area contributed by atoms with Crippen LogP contribution in [0.25, 0.3) is 0 Å². The average Bonchev–Trinajstić information content (AvgIpc) is 2.39. The maximum Gasteiger partial charge on any atom is 0.243 e. The summed E-state index contributed by atoms with van der Waals surface area (Å²) in [7, 11) is 0. The molecule has 1 aromatic carbocycles. The van der Waals surface area contributed by atoms with Crippen LogP contribution in [-0.4, -0.2) is 18.4 Å². The molecule has 104 valence electrons. The number of hydrogen-bond acceptors (Lipinski definition) is 2. The fourth-order valence-electron chi connectivity index (χ4n) is 1.64. The van der Waals surface area contributed by atoms with E-state index in [1.165, 1.54) is 0 Å². The molecule has 19 heavy (non-hydrogen) atoms. The molecule has 1 aromatic rings. The van der Waals surface area contributed by atoms with Crippen molar-refractivity contribution < 1.29 is 9.59 Å². The number of rotatable bonds is 6. The number of amides is 2. The first-order chi connectivity index (χ1) is 9.02. The third kappa shape index (κ3) is 5.75. The maximum absolute atomic E-state index is 11.6. The lowest BCUT2D eigenvalue weighted by Gasteiger charge is -2.11. The lowest BCUT2D eigenvalue weighted by molar-refractivity contribution is -0.127. The number of carbonyl (C=O) groups is 2. The maximum atomic E-state index is 11.6. The summed E-state index contributed by atoms with van der Waals surface area (Å²) in [5.74, 6) is -0.402. The van der Waals surface area contributed by atoms with Gasteiger partial charge in [-0.3, -0.25) is 9.59 Å². The molecule has 2 amide bonds. The fraction of sp³-hybridized carbons (Fsp3) is 0.429. The summed E-state index contributed by atoms with van der Waals surface area (Å²) >= 11 is 5.75. The first-order valence-electron chi connectivity index (χ1n) is 6.36. The van der Waals surface area contributed by atoms with Gasteiger partial charge in [-0.2, -0.15) is 0 Å². The highest BCUT2D eigenvalue weighted by Crippen LogP contribution is 2.13. The molecule has 1 unspecified atom stereocenters. The molecule has 0 saturated carbocycles. The zero-order valence-electron chi connectivity index (χ0n) is 11.2. The molecular formula is C14H19ClN2O2. The molecule has 2 N–H and O–H groups in total. The second-order valence-corrected chi connectivity index (χ2v) is 4.90.